The number of nitrogens with one attached hydrogen (secondary N) is 2. The number of benzene rings is 1. The first kappa shape index (κ1) is 18.6. The molecule has 0 fully saturated rings. The maximum atomic E-state index is 12.4. The molecular formula is C16H23N3O4. The van der Waals surface area contributed by atoms with E-state index in [4.69, 9.17) is 5.11 Å². The van der Waals surface area contributed by atoms with Crippen molar-refractivity contribution in [2.24, 2.45) is 0 Å². The van der Waals surface area contributed by atoms with Crippen molar-refractivity contribution in [1.82, 2.24) is 15.5 Å². The fourth-order valence-electron chi connectivity index (χ4n) is 2.18. The third kappa shape index (κ3) is 6.07. The molecule has 0 saturated carbocycles. The molecule has 0 aliphatic rings. The van der Waals surface area contributed by atoms with Gasteiger partial charge in [0, 0.05) is 6.54 Å². The lowest BCUT2D eigenvalue weighted by molar-refractivity contribution is -0.137. The van der Waals surface area contributed by atoms with Gasteiger partial charge >= 0.3 is 5.97 Å². The lowest BCUT2D eigenvalue weighted by atomic mass is 10.00. The minimum Gasteiger partial charge on any atom is -0.481 e. The molecule has 0 radical (unpaired) electrons. The van der Waals surface area contributed by atoms with Gasteiger partial charge in [-0.25, -0.2) is 0 Å². The molecule has 0 saturated heterocycles. The predicted octanol–water partition coefficient (Wildman–Crippen LogP) is 0.305. The van der Waals surface area contributed by atoms with E-state index in [1.807, 2.05) is 31.2 Å². The Hall–Kier alpha value is -2.41. The zero-order chi connectivity index (χ0) is 17.4. The van der Waals surface area contributed by atoms with Crippen LogP contribution in [0.25, 0.3) is 0 Å². The summed E-state index contributed by atoms with van der Waals surface area (Å²) in [6.45, 7) is 1.78. The fraction of sp³-hybridized carbons (Fsp3) is 0.438. The Balaban J connectivity index is 2.61. The highest BCUT2D eigenvalue weighted by Gasteiger charge is 2.24. The summed E-state index contributed by atoms with van der Waals surface area (Å²) in [5.74, 6) is -1.68. The average Bonchev–Trinajstić information content (AvgIpc) is 2.46. The van der Waals surface area contributed by atoms with Gasteiger partial charge in [0.15, 0.2) is 0 Å². The van der Waals surface area contributed by atoms with Crippen molar-refractivity contribution in [3.05, 3.63) is 35.4 Å². The van der Waals surface area contributed by atoms with Crippen molar-refractivity contribution >= 4 is 17.8 Å². The molecule has 126 valence electrons. The van der Waals surface area contributed by atoms with E-state index in [-0.39, 0.29) is 25.4 Å². The van der Waals surface area contributed by atoms with Gasteiger partial charge < -0.3 is 15.7 Å². The van der Waals surface area contributed by atoms with Crippen molar-refractivity contribution in [3.8, 4) is 0 Å². The molecule has 0 aromatic heterocycles. The first-order chi connectivity index (χ1) is 10.8. The Bertz CT molecular complexity index is 572. The first-order valence-corrected chi connectivity index (χ1v) is 7.31. The van der Waals surface area contributed by atoms with E-state index in [1.54, 1.807) is 19.0 Å². The van der Waals surface area contributed by atoms with Crippen molar-refractivity contribution in [3.63, 3.8) is 0 Å². The average molecular weight is 321 g/mol. The van der Waals surface area contributed by atoms with E-state index < -0.39 is 17.9 Å². The second kappa shape index (κ2) is 8.89. The molecule has 0 aliphatic heterocycles. The van der Waals surface area contributed by atoms with Gasteiger partial charge in [-0.1, -0.05) is 24.3 Å². The second-order valence-electron chi connectivity index (χ2n) is 5.43. The Labute approximate surface area is 135 Å². The van der Waals surface area contributed by atoms with Gasteiger partial charge in [0.2, 0.25) is 11.8 Å². The minimum atomic E-state index is -0.985. The molecule has 1 aromatic rings. The summed E-state index contributed by atoms with van der Waals surface area (Å²) in [5.41, 5.74) is 1.87. The number of carboxylic acid groups (broad SMARTS) is 1. The monoisotopic (exact) mass is 321 g/mol. The lowest BCUT2D eigenvalue weighted by Gasteiger charge is -2.25. The quantitative estimate of drug-likeness (QED) is 0.640. The molecular weight excluding hydrogens is 298 g/mol. The van der Waals surface area contributed by atoms with E-state index in [2.05, 4.69) is 10.6 Å². The molecule has 7 heteroatoms. The number of hydrogen-bond acceptors (Lipinski definition) is 4. The third-order valence-corrected chi connectivity index (χ3v) is 3.33. The van der Waals surface area contributed by atoms with Crippen LogP contribution in [0.3, 0.4) is 0 Å². The summed E-state index contributed by atoms with van der Waals surface area (Å²) in [7, 11) is 3.59. The number of carbonyl (C=O) groups is 3. The highest BCUT2D eigenvalue weighted by molar-refractivity contribution is 5.88. The van der Waals surface area contributed by atoms with Crippen LogP contribution in [0, 0.1) is 6.92 Å². The molecule has 1 atom stereocenters. The summed E-state index contributed by atoms with van der Waals surface area (Å²) < 4.78 is 0. The maximum absolute atomic E-state index is 12.4. The van der Waals surface area contributed by atoms with Crippen LogP contribution in [-0.4, -0.2) is 55.0 Å². The molecule has 1 rings (SSSR count). The molecule has 0 heterocycles. The van der Waals surface area contributed by atoms with Gasteiger partial charge in [-0.2, -0.15) is 0 Å². The summed E-state index contributed by atoms with van der Waals surface area (Å²) in [4.78, 5) is 36.1. The van der Waals surface area contributed by atoms with Crippen molar-refractivity contribution in [2.45, 2.75) is 19.4 Å². The third-order valence-electron chi connectivity index (χ3n) is 3.33. The number of aliphatic carboxylic acids is 1. The molecule has 3 N–H and O–H groups in total. The Morgan fingerprint density at radius 3 is 2.39 bits per heavy atom. The standard InChI is InChI=1S/C16H23N3O4/c1-11-6-4-5-7-12(11)15(19(2)3)16(23)18-10-13(20)17-9-8-14(21)22/h4-7,15H,8-10H2,1-3H3,(H,17,20)(H,18,23)(H,21,22)/t15-/m0/s1. The summed E-state index contributed by atoms with van der Waals surface area (Å²) >= 11 is 0. The number of hydrogen-bond donors (Lipinski definition) is 3. The number of amides is 2. The molecule has 0 bridgehead atoms. The highest BCUT2D eigenvalue weighted by atomic mass is 16.4. The molecule has 0 unspecified atom stereocenters. The Morgan fingerprint density at radius 1 is 1.17 bits per heavy atom. The van der Waals surface area contributed by atoms with Crippen LogP contribution in [0.15, 0.2) is 24.3 Å². The smallest absolute Gasteiger partial charge is 0.305 e. The number of carbonyl (C=O) groups excluding carboxylic acids is 2. The lowest BCUT2D eigenvalue weighted by Crippen LogP contribution is -2.42. The van der Waals surface area contributed by atoms with Crippen molar-refractivity contribution < 1.29 is 19.5 Å². The van der Waals surface area contributed by atoms with Crippen LogP contribution in [0.2, 0.25) is 0 Å². The van der Waals surface area contributed by atoms with Crippen molar-refractivity contribution in [2.75, 3.05) is 27.2 Å². The van der Waals surface area contributed by atoms with Gasteiger partial charge in [0.25, 0.3) is 0 Å². The Kier molecular flexibility index (Phi) is 7.21. The summed E-state index contributed by atoms with van der Waals surface area (Å²) in [6, 6.07) is 7.08. The zero-order valence-corrected chi connectivity index (χ0v) is 13.6. The van der Waals surface area contributed by atoms with Gasteiger partial charge in [-0.15, -0.1) is 0 Å². The van der Waals surface area contributed by atoms with Gasteiger partial charge in [-0.3, -0.25) is 19.3 Å². The first-order valence-electron chi connectivity index (χ1n) is 7.31. The van der Waals surface area contributed by atoms with Gasteiger partial charge in [0.1, 0.15) is 6.04 Å². The van der Waals surface area contributed by atoms with E-state index in [9.17, 15) is 14.4 Å². The predicted molar refractivity (Wildman–Crippen MR) is 85.9 cm³/mol. The van der Waals surface area contributed by atoms with Crippen LogP contribution in [0.4, 0.5) is 0 Å². The number of nitrogens with zero attached hydrogens (tertiary/aromatic N) is 1. The van der Waals surface area contributed by atoms with E-state index in [0.717, 1.165) is 11.1 Å². The van der Waals surface area contributed by atoms with Crippen LogP contribution < -0.4 is 10.6 Å². The maximum Gasteiger partial charge on any atom is 0.305 e. The fourth-order valence-corrected chi connectivity index (χ4v) is 2.18. The minimum absolute atomic E-state index is 0.0406. The molecule has 0 aliphatic carbocycles. The number of likely N-dealkylation sites (N-methyl/N-ethyl adjacent to an activating group) is 1. The van der Waals surface area contributed by atoms with Crippen LogP contribution in [0.1, 0.15) is 23.6 Å². The van der Waals surface area contributed by atoms with Crippen LogP contribution in [0.5, 0.6) is 0 Å². The second-order valence-corrected chi connectivity index (χ2v) is 5.43. The molecule has 23 heavy (non-hydrogen) atoms. The number of carboxylic acids is 1. The Morgan fingerprint density at radius 2 is 1.83 bits per heavy atom. The SMILES string of the molecule is Cc1ccccc1[C@@H](C(=O)NCC(=O)NCCC(=O)O)N(C)C. The zero-order valence-electron chi connectivity index (χ0n) is 13.6. The van der Waals surface area contributed by atoms with Crippen LogP contribution in [-0.2, 0) is 14.4 Å². The van der Waals surface area contributed by atoms with Crippen molar-refractivity contribution in [1.29, 1.82) is 0 Å². The highest BCUT2D eigenvalue weighted by Crippen LogP contribution is 2.21. The number of aryl methyl sites for hydroxylation is 1. The topological polar surface area (TPSA) is 98.7 Å². The normalized spacial score (nSPS) is 11.8. The van der Waals surface area contributed by atoms with E-state index >= 15 is 0 Å². The van der Waals surface area contributed by atoms with E-state index in [1.165, 1.54) is 0 Å². The van der Waals surface area contributed by atoms with E-state index in [0.29, 0.717) is 0 Å². The largest absolute Gasteiger partial charge is 0.481 e. The van der Waals surface area contributed by atoms with Crippen LogP contribution >= 0.6 is 0 Å². The van der Waals surface area contributed by atoms with Gasteiger partial charge in [-0.05, 0) is 32.1 Å². The molecule has 0 spiro atoms. The summed E-state index contributed by atoms with van der Waals surface area (Å²) in [5, 5.41) is 13.5. The van der Waals surface area contributed by atoms with Gasteiger partial charge in [0.05, 0.1) is 13.0 Å². The molecule has 2 amide bonds. The summed E-state index contributed by atoms with van der Waals surface area (Å²) in [6.07, 6.45) is -0.150. The molecule has 7 nitrogen and oxygen atoms in total. The number of rotatable bonds is 8. The molecule has 1 aromatic carbocycles.